The fraction of sp³-hybridized carbons (Fsp3) is 0.611. The van der Waals surface area contributed by atoms with Gasteiger partial charge in [-0.2, -0.15) is 0 Å². The van der Waals surface area contributed by atoms with Gasteiger partial charge in [0.1, 0.15) is 0 Å². The fourth-order valence-electron chi connectivity index (χ4n) is 3.01. The Balaban J connectivity index is 1.68. The van der Waals surface area contributed by atoms with Crippen molar-refractivity contribution < 1.29 is 14.5 Å². The van der Waals surface area contributed by atoms with Crippen LogP contribution in [0.1, 0.15) is 31.7 Å². The number of benzene rings is 1. The van der Waals surface area contributed by atoms with Gasteiger partial charge >= 0.3 is 0 Å². The molecule has 1 aliphatic heterocycles. The Morgan fingerprint density at radius 1 is 1.32 bits per heavy atom. The maximum atomic E-state index is 12.2. The molecule has 1 aromatic carbocycles. The summed E-state index contributed by atoms with van der Waals surface area (Å²) < 4.78 is 5.26. The Hall–Kier alpha value is -1.99. The average molecular weight is 349 g/mol. The first-order valence-corrected chi connectivity index (χ1v) is 8.91. The van der Waals surface area contributed by atoms with Crippen molar-refractivity contribution in [2.75, 3.05) is 32.8 Å². The second-order valence-electron chi connectivity index (χ2n) is 6.32. The highest BCUT2D eigenvalue weighted by Gasteiger charge is 2.24. The predicted octanol–water partition coefficient (Wildman–Crippen LogP) is 2.35. The number of hydrogen-bond donors (Lipinski definition) is 1. The van der Waals surface area contributed by atoms with Crippen molar-refractivity contribution in [2.45, 2.75) is 32.7 Å². The summed E-state index contributed by atoms with van der Waals surface area (Å²) in [7, 11) is 0. The molecule has 1 amide bonds. The SMILES string of the molecule is CCOCCCNC(=O)C1CCN(Cc2ccc([N+](=O)[O-])cc2)CC1. The molecule has 0 unspecified atom stereocenters. The first-order chi connectivity index (χ1) is 12.1. The zero-order chi connectivity index (χ0) is 18.1. The number of carbonyl (C=O) groups excluding carboxylic acids is 1. The van der Waals surface area contributed by atoms with Crippen LogP contribution < -0.4 is 5.32 Å². The molecule has 0 bridgehead atoms. The molecule has 0 atom stereocenters. The van der Waals surface area contributed by atoms with Gasteiger partial charge < -0.3 is 10.1 Å². The molecule has 1 saturated heterocycles. The van der Waals surface area contributed by atoms with E-state index in [1.54, 1.807) is 12.1 Å². The highest BCUT2D eigenvalue weighted by Crippen LogP contribution is 2.20. The van der Waals surface area contributed by atoms with E-state index in [4.69, 9.17) is 4.74 Å². The molecule has 1 aromatic rings. The molecule has 138 valence electrons. The number of non-ortho nitro benzene ring substituents is 1. The van der Waals surface area contributed by atoms with E-state index in [2.05, 4.69) is 10.2 Å². The van der Waals surface area contributed by atoms with Crippen LogP contribution in [0.15, 0.2) is 24.3 Å². The average Bonchev–Trinajstić information content (AvgIpc) is 2.62. The normalized spacial score (nSPS) is 15.9. The lowest BCUT2D eigenvalue weighted by Gasteiger charge is -2.31. The zero-order valence-electron chi connectivity index (χ0n) is 14.8. The number of nitro benzene ring substituents is 1. The number of carbonyl (C=O) groups is 1. The van der Waals surface area contributed by atoms with Gasteiger partial charge in [0.25, 0.3) is 5.69 Å². The summed E-state index contributed by atoms with van der Waals surface area (Å²) in [6.45, 7) is 6.53. The van der Waals surface area contributed by atoms with Crippen LogP contribution in [-0.4, -0.2) is 48.6 Å². The van der Waals surface area contributed by atoms with Gasteiger partial charge in [-0.25, -0.2) is 0 Å². The highest BCUT2D eigenvalue weighted by molar-refractivity contribution is 5.78. The molecule has 2 rings (SSSR count). The van der Waals surface area contributed by atoms with Crippen LogP contribution in [0.4, 0.5) is 5.69 Å². The van der Waals surface area contributed by atoms with Gasteiger partial charge in [0.05, 0.1) is 4.92 Å². The Kier molecular flexibility index (Phi) is 7.81. The summed E-state index contributed by atoms with van der Waals surface area (Å²) in [5.74, 6) is 0.228. The Morgan fingerprint density at radius 2 is 2.00 bits per heavy atom. The lowest BCUT2D eigenvalue weighted by molar-refractivity contribution is -0.384. The van der Waals surface area contributed by atoms with Gasteiger partial charge in [-0.1, -0.05) is 12.1 Å². The van der Waals surface area contributed by atoms with E-state index >= 15 is 0 Å². The van der Waals surface area contributed by atoms with Crippen LogP contribution in [0.5, 0.6) is 0 Å². The number of nitro groups is 1. The third-order valence-corrected chi connectivity index (χ3v) is 4.48. The van der Waals surface area contributed by atoms with Gasteiger partial charge in [-0.05, 0) is 44.8 Å². The van der Waals surface area contributed by atoms with Crippen molar-refractivity contribution in [1.29, 1.82) is 0 Å². The van der Waals surface area contributed by atoms with E-state index in [9.17, 15) is 14.9 Å². The second kappa shape index (κ2) is 10.1. The minimum Gasteiger partial charge on any atom is -0.382 e. The predicted molar refractivity (Wildman–Crippen MR) is 95.2 cm³/mol. The summed E-state index contributed by atoms with van der Waals surface area (Å²) in [5.41, 5.74) is 1.17. The molecule has 7 heteroatoms. The van der Waals surface area contributed by atoms with Crippen molar-refractivity contribution >= 4 is 11.6 Å². The minimum absolute atomic E-state index is 0.0835. The third-order valence-electron chi connectivity index (χ3n) is 4.48. The smallest absolute Gasteiger partial charge is 0.269 e. The molecule has 0 aromatic heterocycles. The Labute approximate surface area is 148 Å². The molecule has 25 heavy (non-hydrogen) atoms. The highest BCUT2D eigenvalue weighted by atomic mass is 16.6. The minimum atomic E-state index is -0.387. The largest absolute Gasteiger partial charge is 0.382 e. The molecule has 0 spiro atoms. The quantitative estimate of drug-likeness (QED) is 0.420. The lowest BCUT2D eigenvalue weighted by atomic mass is 9.95. The van der Waals surface area contributed by atoms with E-state index < -0.39 is 0 Å². The first kappa shape index (κ1) is 19.3. The van der Waals surface area contributed by atoms with Crippen molar-refractivity contribution in [3.63, 3.8) is 0 Å². The fourth-order valence-corrected chi connectivity index (χ4v) is 3.01. The standard InChI is InChI=1S/C18H27N3O4/c1-2-25-13-3-10-19-18(22)16-8-11-20(12-9-16)14-15-4-6-17(7-5-15)21(23)24/h4-7,16H,2-3,8-14H2,1H3,(H,19,22). The number of ether oxygens (including phenoxy) is 1. The van der Waals surface area contributed by atoms with Gasteiger partial charge in [0.15, 0.2) is 0 Å². The van der Waals surface area contributed by atoms with Crippen LogP contribution in [-0.2, 0) is 16.1 Å². The first-order valence-electron chi connectivity index (χ1n) is 8.91. The van der Waals surface area contributed by atoms with Gasteiger partial charge in [0, 0.05) is 44.4 Å². The lowest BCUT2D eigenvalue weighted by Crippen LogP contribution is -2.40. The van der Waals surface area contributed by atoms with Crippen molar-refractivity contribution in [1.82, 2.24) is 10.2 Å². The van der Waals surface area contributed by atoms with Crippen LogP contribution in [0.3, 0.4) is 0 Å². The summed E-state index contributed by atoms with van der Waals surface area (Å²) >= 11 is 0. The van der Waals surface area contributed by atoms with E-state index in [0.717, 1.165) is 44.5 Å². The maximum absolute atomic E-state index is 12.2. The van der Waals surface area contributed by atoms with E-state index in [0.29, 0.717) is 19.8 Å². The molecule has 0 radical (unpaired) electrons. The summed E-state index contributed by atoms with van der Waals surface area (Å²) in [5, 5.41) is 13.7. The summed E-state index contributed by atoms with van der Waals surface area (Å²) in [6.07, 6.45) is 2.55. The number of rotatable bonds is 9. The Bertz CT molecular complexity index is 554. The molecule has 7 nitrogen and oxygen atoms in total. The van der Waals surface area contributed by atoms with Crippen LogP contribution in [0, 0.1) is 16.0 Å². The molecular weight excluding hydrogens is 322 g/mol. The topological polar surface area (TPSA) is 84.7 Å². The van der Waals surface area contributed by atoms with Crippen LogP contribution in [0.25, 0.3) is 0 Å². The molecule has 0 aliphatic carbocycles. The number of likely N-dealkylation sites (tertiary alicyclic amines) is 1. The molecule has 0 saturated carbocycles. The number of nitrogens with one attached hydrogen (secondary N) is 1. The number of amides is 1. The van der Waals surface area contributed by atoms with Gasteiger partial charge in [-0.15, -0.1) is 0 Å². The third kappa shape index (κ3) is 6.43. The number of piperidine rings is 1. The van der Waals surface area contributed by atoms with E-state index in [1.807, 2.05) is 6.92 Å². The van der Waals surface area contributed by atoms with Gasteiger partial charge in [-0.3, -0.25) is 19.8 Å². The van der Waals surface area contributed by atoms with Crippen LogP contribution in [0.2, 0.25) is 0 Å². The van der Waals surface area contributed by atoms with Crippen molar-refractivity contribution in [2.24, 2.45) is 5.92 Å². The second-order valence-corrected chi connectivity index (χ2v) is 6.32. The van der Waals surface area contributed by atoms with E-state index in [1.165, 1.54) is 12.1 Å². The molecular formula is C18H27N3O4. The summed E-state index contributed by atoms with van der Waals surface area (Å²) in [6, 6.07) is 6.68. The monoisotopic (exact) mass is 349 g/mol. The molecule has 1 heterocycles. The van der Waals surface area contributed by atoms with Gasteiger partial charge in [0.2, 0.25) is 5.91 Å². The number of hydrogen-bond acceptors (Lipinski definition) is 5. The molecule has 1 N–H and O–H groups in total. The van der Waals surface area contributed by atoms with Crippen LogP contribution >= 0.6 is 0 Å². The van der Waals surface area contributed by atoms with Crippen molar-refractivity contribution in [3.8, 4) is 0 Å². The molecule has 1 fully saturated rings. The Morgan fingerprint density at radius 3 is 2.60 bits per heavy atom. The van der Waals surface area contributed by atoms with Crippen molar-refractivity contribution in [3.05, 3.63) is 39.9 Å². The molecule has 1 aliphatic rings. The van der Waals surface area contributed by atoms with E-state index in [-0.39, 0.29) is 22.4 Å². The number of nitrogens with zero attached hydrogens (tertiary/aromatic N) is 2. The maximum Gasteiger partial charge on any atom is 0.269 e. The zero-order valence-corrected chi connectivity index (χ0v) is 14.8. The summed E-state index contributed by atoms with van der Waals surface area (Å²) in [4.78, 5) is 24.7.